The molecule has 1 aromatic heterocycles. The third-order valence-electron chi connectivity index (χ3n) is 5.58. The molecule has 7 nitrogen and oxygen atoms in total. The van der Waals surface area contributed by atoms with E-state index in [1.807, 2.05) is 0 Å². The Morgan fingerprint density at radius 1 is 1.33 bits per heavy atom. The molecule has 132 valence electrons. The zero-order chi connectivity index (χ0) is 16.6. The molecule has 0 N–H and O–H groups in total. The van der Waals surface area contributed by atoms with Crippen molar-refractivity contribution in [3.8, 4) is 0 Å². The van der Waals surface area contributed by atoms with Gasteiger partial charge in [0, 0.05) is 26.7 Å². The van der Waals surface area contributed by atoms with E-state index in [1.165, 1.54) is 12.8 Å². The van der Waals surface area contributed by atoms with Gasteiger partial charge in [-0.2, -0.15) is 4.98 Å². The van der Waals surface area contributed by atoms with Crippen LogP contribution in [0, 0.1) is 11.3 Å². The number of hydrogen-bond acceptors (Lipinski definition) is 6. The first-order valence-electron chi connectivity index (χ1n) is 9.01. The van der Waals surface area contributed by atoms with Crippen molar-refractivity contribution >= 4 is 5.91 Å². The summed E-state index contributed by atoms with van der Waals surface area (Å²) in [6, 6.07) is 0. The van der Waals surface area contributed by atoms with Crippen molar-refractivity contribution in [2.75, 3.05) is 33.3 Å². The summed E-state index contributed by atoms with van der Waals surface area (Å²) in [5.41, 5.74) is -0.178. The molecule has 0 radical (unpaired) electrons. The van der Waals surface area contributed by atoms with E-state index in [4.69, 9.17) is 9.26 Å². The van der Waals surface area contributed by atoms with Crippen molar-refractivity contribution in [2.45, 2.75) is 45.3 Å². The van der Waals surface area contributed by atoms with Gasteiger partial charge in [-0.1, -0.05) is 5.16 Å². The standard InChI is InChI=1S/C17H26N4O3/c1-23-11-14-18-15(24-19-14)10-20-8-6-17(12-20)5-2-7-21(16(17)22)9-13-3-4-13/h13H,2-12H2,1H3. The molecule has 1 amide bonds. The van der Waals surface area contributed by atoms with Crippen molar-refractivity contribution in [3.63, 3.8) is 0 Å². The molecule has 1 aliphatic carbocycles. The molecule has 3 fully saturated rings. The summed E-state index contributed by atoms with van der Waals surface area (Å²) >= 11 is 0. The van der Waals surface area contributed by atoms with Gasteiger partial charge in [0.15, 0.2) is 5.82 Å². The quantitative estimate of drug-likeness (QED) is 0.784. The Labute approximate surface area is 142 Å². The van der Waals surface area contributed by atoms with Gasteiger partial charge < -0.3 is 14.2 Å². The average Bonchev–Trinajstić information content (AvgIpc) is 3.13. The SMILES string of the molecule is COCc1noc(CN2CCC3(CCCN(CC4CC4)C3=O)C2)n1. The van der Waals surface area contributed by atoms with Crippen molar-refractivity contribution in [1.82, 2.24) is 19.9 Å². The Bertz CT molecular complexity index is 600. The second-order valence-corrected chi connectivity index (χ2v) is 7.58. The van der Waals surface area contributed by atoms with E-state index in [9.17, 15) is 4.79 Å². The highest BCUT2D eigenvalue weighted by molar-refractivity contribution is 5.84. The number of amides is 1. The lowest BCUT2D eigenvalue weighted by atomic mass is 9.78. The Morgan fingerprint density at radius 2 is 2.21 bits per heavy atom. The minimum atomic E-state index is -0.178. The molecular formula is C17H26N4O3. The summed E-state index contributed by atoms with van der Waals surface area (Å²) in [5.74, 6) is 2.33. The number of carbonyl (C=O) groups is 1. The third-order valence-corrected chi connectivity index (χ3v) is 5.58. The molecule has 0 bridgehead atoms. The molecule has 24 heavy (non-hydrogen) atoms. The average molecular weight is 334 g/mol. The largest absolute Gasteiger partial charge is 0.377 e. The molecule has 1 unspecified atom stereocenters. The first kappa shape index (κ1) is 16.0. The van der Waals surface area contributed by atoms with Crippen LogP contribution in [0.15, 0.2) is 4.52 Å². The predicted octanol–water partition coefficient (Wildman–Crippen LogP) is 1.44. The molecule has 3 aliphatic rings. The van der Waals surface area contributed by atoms with Gasteiger partial charge in [0.1, 0.15) is 6.61 Å². The van der Waals surface area contributed by atoms with Crippen LogP contribution < -0.4 is 0 Å². The number of ether oxygens (including phenoxy) is 1. The monoisotopic (exact) mass is 334 g/mol. The number of hydrogen-bond donors (Lipinski definition) is 0. The number of rotatable bonds is 6. The number of likely N-dealkylation sites (tertiary alicyclic amines) is 2. The molecule has 2 saturated heterocycles. The molecule has 3 heterocycles. The van der Waals surface area contributed by atoms with E-state index in [-0.39, 0.29) is 5.41 Å². The highest BCUT2D eigenvalue weighted by Crippen LogP contribution is 2.42. The van der Waals surface area contributed by atoms with E-state index in [0.717, 1.165) is 51.4 Å². The summed E-state index contributed by atoms with van der Waals surface area (Å²) in [6.07, 6.45) is 5.69. The van der Waals surface area contributed by atoms with Gasteiger partial charge in [-0.05, 0) is 44.6 Å². The Kier molecular flexibility index (Phi) is 4.30. The summed E-state index contributed by atoms with van der Waals surface area (Å²) in [6.45, 7) is 4.64. The molecule has 1 aromatic rings. The van der Waals surface area contributed by atoms with Crippen molar-refractivity contribution < 1.29 is 14.1 Å². The van der Waals surface area contributed by atoms with Gasteiger partial charge in [0.05, 0.1) is 12.0 Å². The summed E-state index contributed by atoms with van der Waals surface area (Å²) in [7, 11) is 1.61. The Hall–Kier alpha value is -1.47. The zero-order valence-electron chi connectivity index (χ0n) is 14.4. The van der Waals surface area contributed by atoms with E-state index < -0.39 is 0 Å². The Balaban J connectivity index is 1.37. The van der Waals surface area contributed by atoms with Gasteiger partial charge >= 0.3 is 0 Å². The van der Waals surface area contributed by atoms with E-state index in [0.29, 0.717) is 30.8 Å². The maximum atomic E-state index is 13.0. The maximum absolute atomic E-state index is 13.0. The van der Waals surface area contributed by atoms with Gasteiger partial charge in [-0.15, -0.1) is 0 Å². The molecular weight excluding hydrogens is 308 g/mol. The summed E-state index contributed by atoms with van der Waals surface area (Å²) in [5, 5.41) is 3.91. The van der Waals surface area contributed by atoms with Gasteiger partial charge in [-0.3, -0.25) is 9.69 Å². The van der Waals surface area contributed by atoms with Crippen LogP contribution in [0.3, 0.4) is 0 Å². The lowest BCUT2D eigenvalue weighted by Crippen LogP contribution is -2.50. The lowest BCUT2D eigenvalue weighted by molar-refractivity contribution is -0.146. The molecule has 1 atom stereocenters. The highest BCUT2D eigenvalue weighted by atomic mass is 16.5. The van der Waals surface area contributed by atoms with Gasteiger partial charge in [0.25, 0.3) is 0 Å². The molecule has 0 aromatic carbocycles. The maximum Gasteiger partial charge on any atom is 0.240 e. The topological polar surface area (TPSA) is 71.7 Å². The fourth-order valence-corrected chi connectivity index (χ4v) is 4.14. The van der Waals surface area contributed by atoms with Crippen LogP contribution in [-0.2, 0) is 22.7 Å². The third kappa shape index (κ3) is 3.19. The van der Waals surface area contributed by atoms with Crippen LogP contribution in [-0.4, -0.2) is 59.1 Å². The summed E-state index contributed by atoms with van der Waals surface area (Å²) < 4.78 is 10.3. The fraction of sp³-hybridized carbons (Fsp3) is 0.824. The minimum absolute atomic E-state index is 0.178. The molecule has 2 aliphatic heterocycles. The van der Waals surface area contributed by atoms with Crippen LogP contribution in [0.4, 0.5) is 0 Å². The molecule has 1 saturated carbocycles. The van der Waals surface area contributed by atoms with Gasteiger partial charge in [0.2, 0.25) is 11.8 Å². The molecule has 1 spiro atoms. The minimum Gasteiger partial charge on any atom is -0.377 e. The lowest BCUT2D eigenvalue weighted by Gasteiger charge is -2.39. The van der Waals surface area contributed by atoms with Crippen LogP contribution in [0.1, 0.15) is 43.8 Å². The van der Waals surface area contributed by atoms with Crippen LogP contribution in [0.25, 0.3) is 0 Å². The second-order valence-electron chi connectivity index (χ2n) is 7.58. The number of carbonyl (C=O) groups excluding carboxylic acids is 1. The zero-order valence-corrected chi connectivity index (χ0v) is 14.4. The number of piperidine rings is 1. The predicted molar refractivity (Wildman–Crippen MR) is 85.9 cm³/mol. The first-order valence-corrected chi connectivity index (χ1v) is 9.01. The van der Waals surface area contributed by atoms with Crippen molar-refractivity contribution in [1.29, 1.82) is 0 Å². The highest BCUT2D eigenvalue weighted by Gasteiger charge is 2.49. The smallest absolute Gasteiger partial charge is 0.240 e. The number of methoxy groups -OCH3 is 1. The normalized spacial score (nSPS) is 28.2. The first-order chi connectivity index (χ1) is 11.7. The van der Waals surface area contributed by atoms with Crippen LogP contribution in [0.2, 0.25) is 0 Å². The number of nitrogens with zero attached hydrogens (tertiary/aromatic N) is 4. The fourth-order valence-electron chi connectivity index (χ4n) is 4.14. The van der Waals surface area contributed by atoms with Crippen molar-refractivity contribution in [3.05, 3.63) is 11.7 Å². The summed E-state index contributed by atoms with van der Waals surface area (Å²) in [4.78, 5) is 21.8. The van der Waals surface area contributed by atoms with E-state index in [2.05, 4.69) is 19.9 Å². The van der Waals surface area contributed by atoms with Crippen LogP contribution >= 0.6 is 0 Å². The van der Waals surface area contributed by atoms with Crippen LogP contribution in [0.5, 0.6) is 0 Å². The number of aromatic nitrogens is 2. The van der Waals surface area contributed by atoms with Crippen molar-refractivity contribution in [2.24, 2.45) is 11.3 Å². The van der Waals surface area contributed by atoms with Gasteiger partial charge in [-0.25, -0.2) is 0 Å². The second kappa shape index (κ2) is 6.44. The molecule has 4 rings (SSSR count). The van der Waals surface area contributed by atoms with E-state index in [1.54, 1.807) is 7.11 Å². The molecule has 7 heteroatoms. The Morgan fingerprint density at radius 3 is 3.00 bits per heavy atom. The van der Waals surface area contributed by atoms with E-state index >= 15 is 0 Å².